The number of nitrogens with one attached hydrogen (secondary N) is 1. The van der Waals surface area contributed by atoms with E-state index in [0.29, 0.717) is 11.4 Å². The molecule has 0 saturated heterocycles. The van der Waals surface area contributed by atoms with Gasteiger partial charge in [-0.15, -0.1) is 0 Å². The first kappa shape index (κ1) is 10.4. The summed E-state index contributed by atoms with van der Waals surface area (Å²) >= 11 is 5.04. The van der Waals surface area contributed by atoms with Gasteiger partial charge in [0.1, 0.15) is 6.61 Å². The van der Waals surface area contributed by atoms with Gasteiger partial charge in [-0.25, -0.2) is 0 Å². The van der Waals surface area contributed by atoms with Crippen LogP contribution < -0.4 is 0 Å². The standard InChI is InChI=1S/C8H15N3OS/c1-3-5-12-6-7-9-10-8(13)11(7)4-2/h3-6H2,1-2H3,(H,10,13). The Bertz CT molecular complexity index is 305. The number of H-pyrrole nitrogens is 1. The summed E-state index contributed by atoms with van der Waals surface area (Å²) in [5, 5.41) is 6.83. The fourth-order valence-corrected chi connectivity index (χ4v) is 1.37. The van der Waals surface area contributed by atoms with Crippen molar-refractivity contribution in [3.63, 3.8) is 0 Å². The highest BCUT2D eigenvalue weighted by atomic mass is 32.1. The van der Waals surface area contributed by atoms with Gasteiger partial charge in [0.15, 0.2) is 10.6 Å². The van der Waals surface area contributed by atoms with Crippen molar-refractivity contribution in [2.45, 2.75) is 33.4 Å². The second-order valence-corrected chi connectivity index (χ2v) is 3.13. The largest absolute Gasteiger partial charge is 0.373 e. The van der Waals surface area contributed by atoms with Crippen LogP contribution in [0, 0.1) is 4.77 Å². The predicted molar refractivity (Wildman–Crippen MR) is 53.0 cm³/mol. The zero-order chi connectivity index (χ0) is 9.68. The first-order valence-corrected chi connectivity index (χ1v) is 4.92. The van der Waals surface area contributed by atoms with Gasteiger partial charge in [-0.3, -0.25) is 5.10 Å². The average Bonchev–Trinajstić information content (AvgIpc) is 2.47. The first-order valence-electron chi connectivity index (χ1n) is 4.51. The lowest BCUT2D eigenvalue weighted by Gasteiger charge is -2.03. The summed E-state index contributed by atoms with van der Waals surface area (Å²) in [5.41, 5.74) is 0. The monoisotopic (exact) mass is 201 g/mol. The van der Waals surface area contributed by atoms with E-state index in [4.69, 9.17) is 17.0 Å². The Kier molecular flexibility index (Phi) is 4.11. The number of rotatable bonds is 5. The van der Waals surface area contributed by atoms with Crippen LogP contribution in [0.25, 0.3) is 0 Å². The van der Waals surface area contributed by atoms with E-state index in [2.05, 4.69) is 17.1 Å². The lowest BCUT2D eigenvalue weighted by atomic mass is 10.5. The molecule has 1 heterocycles. The molecule has 0 aliphatic rings. The normalized spacial score (nSPS) is 10.6. The van der Waals surface area contributed by atoms with E-state index in [1.54, 1.807) is 0 Å². The van der Waals surface area contributed by atoms with Crippen LogP contribution in [0.2, 0.25) is 0 Å². The first-order chi connectivity index (χ1) is 6.29. The zero-order valence-electron chi connectivity index (χ0n) is 8.04. The molecule has 0 spiro atoms. The van der Waals surface area contributed by atoms with E-state index >= 15 is 0 Å². The van der Waals surface area contributed by atoms with Crippen molar-refractivity contribution in [3.8, 4) is 0 Å². The smallest absolute Gasteiger partial charge is 0.195 e. The van der Waals surface area contributed by atoms with Gasteiger partial charge in [0.05, 0.1) is 0 Å². The number of hydrogen-bond donors (Lipinski definition) is 1. The minimum Gasteiger partial charge on any atom is -0.373 e. The molecular weight excluding hydrogens is 186 g/mol. The molecule has 4 nitrogen and oxygen atoms in total. The Labute approximate surface area is 82.9 Å². The molecular formula is C8H15N3OS. The molecule has 1 N–H and O–H groups in total. The minimum absolute atomic E-state index is 0.537. The van der Waals surface area contributed by atoms with Crippen molar-refractivity contribution in [1.29, 1.82) is 0 Å². The van der Waals surface area contributed by atoms with Crippen molar-refractivity contribution in [2.75, 3.05) is 6.61 Å². The molecule has 0 atom stereocenters. The number of aromatic nitrogens is 3. The van der Waals surface area contributed by atoms with E-state index in [1.807, 2.05) is 11.5 Å². The van der Waals surface area contributed by atoms with Gasteiger partial charge in [0.25, 0.3) is 0 Å². The highest BCUT2D eigenvalue weighted by molar-refractivity contribution is 7.71. The Morgan fingerprint density at radius 2 is 2.31 bits per heavy atom. The van der Waals surface area contributed by atoms with E-state index in [0.717, 1.165) is 25.4 Å². The summed E-state index contributed by atoms with van der Waals surface area (Å²) in [6.45, 7) is 6.25. The van der Waals surface area contributed by atoms with Crippen molar-refractivity contribution in [1.82, 2.24) is 14.8 Å². The van der Waals surface area contributed by atoms with Crippen LogP contribution in [0.1, 0.15) is 26.1 Å². The molecule has 0 bridgehead atoms. The summed E-state index contributed by atoms with van der Waals surface area (Å²) in [6.07, 6.45) is 1.03. The van der Waals surface area contributed by atoms with Gasteiger partial charge >= 0.3 is 0 Å². The molecule has 5 heteroatoms. The fourth-order valence-electron chi connectivity index (χ4n) is 1.09. The lowest BCUT2D eigenvalue weighted by molar-refractivity contribution is 0.113. The molecule has 13 heavy (non-hydrogen) atoms. The number of hydrogen-bond acceptors (Lipinski definition) is 3. The third kappa shape index (κ3) is 2.63. The van der Waals surface area contributed by atoms with Gasteiger partial charge in [-0.05, 0) is 25.6 Å². The van der Waals surface area contributed by atoms with Gasteiger partial charge in [-0.2, -0.15) is 5.10 Å². The molecule has 0 saturated carbocycles. The fraction of sp³-hybridized carbons (Fsp3) is 0.750. The van der Waals surface area contributed by atoms with Gasteiger partial charge < -0.3 is 9.30 Å². The SMILES string of the molecule is CCCOCc1n[nH]c(=S)n1CC. The molecule has 1 aromatic rings. The van der Waals surface area contributed by atoms with Crippen LogP contribution in [0.4, 0.5) is 0 Å². The molecule has 0 radical (unpaired) electrons. The number of nitrogens with zero attached hydrogens (tertiary/aromatic N) is 2. The van der Waals surface area contributed by atoms with Crippen LogP contribution in [-0.4, -0.2) is 21.4 Å². The van der Waals surface area contributed by atoms with Crippen LogP contribution in [0.15, 0.2) is 0 Å². The molecule has 1 rings (SSSR count). The Hall–Kier alpha value is -0.680. The third-order valence-corrected chi connectivity index (χ3v) is 2.04. The minimum atomic E-state index is 0.537. The molecule has 0 unspecified atom stereocenters. The summed E-state index contributed by atoms with van der Waals surface area (Å²) in [6, 6.07) is 0. The molecule has 0 fully saturated rings. The van der Waals surface area contributed by atoms with Gasteiger partial charge in [0.2, 0.25) is 0 Å². The van der Waals surface area contributed by atoms with Crippen molar-refractivity contribution in [3.05, 3.63) is 10.6 Å². The van der Waals surface area contributed by atoms with Gasteiger partial charge in [0, 0.05) is 13.2 Å². The van der Waals surface area contributed by atoms with Crippen LogP contribution in [0.5, 0.6) is 0 Å². The maximum atomic E-state index is 5.38. The van der Waals surface area contributed by atoms with Crippen LogP contribution in [-0.2, 0) is 17.9 Å². The van der Waals surface area contributed by atoms with Crippen molar-refractivity contribution < 1.29 is 4.74 Å². The second kappa shape index (κ2) is 5.14. The topological polar surface area (TPSA) is 42.8 Å². The Balaban J connectivity index is 2.60. The lowest BCUT2D eigenvalue weighted by Crippen LogP contribution is -2.04. The van der Waals surface area contributed by atoms with E-state index in [1.165, 1.54) is 0 Å². The Morgan fingerprint density at radius 1 is 1.54 bits per heavy atom. The molecule has 0 aliphatic heterocycles. The summed E-state index contributed by atoms with van der Waals surface area (Å²) in [7, 11) is 0. The van der Waals surface area contributed by atoms with Crippen LogP contribution >= 0.6 is 12.2 Å². The van der Waals surface area contributed by atoms with Crippen molar-refractivity contribution in [2.24, 2.45) is 0 Å². The molecule has 1 aromatic heterocycles. The molecule has 0 aromatic carbocycles. The third-order valence-electron chi connectivity index (χ3n) is 1.73. The molecule has 0 amide bonds. The average molecular weight is 201 g/mol. The van der Waals surface area contributed by atoms with Crippen molar-refractivity contribution >= 4 is 12.2 Å². The maximum absolute atomic E-state index is 5.38. The van der Waals surface area contributed by atoms with E-state index in [-0.39, 0.29) is 0 Å². The summed E-state index contributed by atoms with van der Waals surface area (Å²) in [4.78, 5) is 0. The second-order valence-electron chi connectivity index (χ2n) is 2.74. The summed E-state index contributed by atoms with van der Waals surface area (Å²) < 4.78 is 7.97. The Morgan fingerprint density at radius 3 is 2.92 bits per heavy atom. The van der Waals surface area contributed by atoms with E-state index in [9.17, 15) is 0 Å². The maximum Gasteiger partial charge on any atom is 0.195 e. The predicted octanol–water partition coefficient (Wildman–Crippen LogP) is 1.89. The highest BCUT2D eigenvalue weighted by Gasteiger charge is 2.02. The summed E-state index contributed by atoms with van der Waals surface area (Å²) in [5.74, 6) is 0.876. The molecule has 0 aliphatic carbocycles. The number of ether oxygens (including phenoxy) is 1. The quantitative estimate of drug-likeness (QED) is 0.584. The van der Waals surface area contributed by atoms with Gasteiger partial charge in [-0.1, -0.05) is 6.92 Å². The van der Waals surface area contributed by atoms with E-state index < -0.39 is 0 Å². The zero-order valence-corrected chi connectivity index (χ0v) is 8.86. The highest BCUT2D eigenvalue weighted by Crippen LogP contribution is 1.99. The number of aromatic amines is 1. The van der Waals surface area contributed by atoms with Crippen LogP contribution in [0.3, 0.4) is 0 Å². The molecule has 74 valence electrons.